The average molecular weight is 230 g/mol. The lowest BCUT2D eigenvalue weighted by molar-refractivity contribution is 0.0991. The molecule has 0 aliphatic rings. The van der Waals surface area contributed by atoms with Crippen LogP contribution in [0.3, 0.4) is 0 Å². The zero-order valence-corrected chi connectivity index (χ0v) is 9.90. The molecule has 1 aromatic heterocycles. The number of furan rings is 1. The van der Waals surface area contributed by atoms with Crippen molar-refractivity contribution in [2.24, 2.45) is 0 Å². The molecule has 0 amide bonds. The molecule has 2 aromatic rings. The predicted octanol–water partition coefficient (Wildman–Crippen LogP) is 3.02. The quantitative estimate of drug-likeness (QED) is 0.758. The van der Waals surface area contributed by atoms with E-state index in [1.165, 1.54) is 12.5 Å². The van der Waals surface area contributed by atoms with Crippen LogP contribution in [0.25, 0.3) is 0 Å². The number of Topliss-reactive ketones (excluding diaryl/α,β-unsaturated/α-hetero) is 1. The van der Waals surface area contributed by atoms with Gasteiger partial charge < -0.3 is 9.15 Å². The number of benzene rings is 1. The van der Waals surface area contributed by atoms with Gasteiger partial charge in [-0.05, 0) is 19.1 Å². The van der Waals surface area contributed by atoms with Crippen LogP contribution in [0.1, 0.15) is 21.5 Å². The summed E-state index contributed by atoms with van der Waals surface area (Å²) < 4.78 is 10.1. The molecule has 0 fully saturated rings. The molecule has 0 spiro atoms. The highest BCUT2D eigenvalue weighted by atomic mass is 16.5. The number of ketones is 1. The van der Waals surface area contributed by atoms with Crippen LogP contribution in [0.4, 0.5) is 0 Å². The molecule has 3 heteroatoms. The van der Waals surface area contributed by atoms with Crippen LogP contribution < -0.4 is 4.74 Å². The average Bonchev–Trinajstić information content (AvgIpc) is 2.83. The van der Waals surface area contributed by atoms with Gasteiger partial charge >= 0.3 is 0 Å². The minimum absolute atomic E-state index is 0.0302. The van der Waals surface area contributed by atoms with Crippen LogP contribution in [0.2, 0.25) is 0 Å². The summed E-state index contributed by atoms with van der Waals surface area (Å²) in [4.78, 5) is 11.9. The largest absolute Gasteiger partial charge is 0.496 e. The maximum Gasteiger partial charge on any atom is 0.170 e. The number of aryl methyl sites for hydroxylation is 1. The Kier molecular flexibility index (Phi) is 3.28. The Hall–Kier alpha value is -2.03. The van der Waals surface area contributed by atoms with Crippen molar-refractivity contribution in [3.63, 3.8) is 0 Å². The summed E-state index contributed by atoms with van der Waals surface area (Å²) in [6, 6.07) is 7.49. The molecule has 0 bridgehead atoms. The van der Waals surface area contributed by atoms with E-state index in [0.717, 1.165) is 16.9 Å². The highest BCUT2D eigenvalue weighted by molar-refractivity contribution is 5.97. The molecule has 0 unspecified atom stereocenters. The summed E-state index contributed by atoms with van der Waals surface area (Å²) in [5.74, 6) is 0.773. The molecule has 1 aromatic carbocycles. The van der Waals surface area contributed by atoms with Crippen LogP contribution in [0.15, 0.2) is 41.2 Å². The van der Waals surface area contributed by atoms with Gasteiger partial charge in [0, 0.05) is 12.0 Å². The molecular weight excluding hydrogens is 216 g/mol. The van der Waals surface area contributed by atoms with E-state index in [4.69, 9.17) is 9.15 Å². The monoisotopic (exact) mass is 230 g/mol. The normalized spacial score (nSPS) is 10.2. The second-order valence-electron chi connectivity index (χ2n) is 3.93. The number of methoxy groups -OCH3 is 1. The maximum atomic E-state index is 11.9. The fraction of sp³-hybridized carbons (Fsp3) is 0.214. The molecule has 88 valence electrons. The Morgan fingerprint density at radius 3 is 2.82 bits per heavy atom. The summed E-state index contributed by atoms with van der Waals surface area (Å²) >= 11 is 0. The second kappa shape index (κ2) is 4.87. The molecule has 3 nitrogen and oxygen atoms in total. The summed E-state index contributed by atoms with van der Waals surface area (Å²) in [5, 5.41) is 0. The van der Waals surface area contributed by atoms with Crippen molar-refractivity contribution >= 4 is 5.78 Å². The molecule has 0 radical (unpaired) electrons. The molecule has 0 aliphatic carbocycles. The predicted molar refractivity (Wildman–Crippen MR) is 64.5 cm³/mol. The first-order chi connectivity index (χ1) is 8.20. The van der Waals surface area contributed by atoms with Gasteiger partial charge in [0.2, 0.25) is 0 Å². The van der Waals surface area contributed by atoms with Crippen molar-refractivity contribution in [2.45, 2.75) is 13.3 Å². The number of rotatable bonds is 4. The summed E-state index contributed by atoms with van der Waals surface area (Å²) in [6.07, 6.45) is 3.29. The van der Waals surface area contributed by atoms with Gasteiger partial charge in [-0.2, -0.15) is 0 Å². The van der Waals surface area contributed by atoms with Crippen LogP contribution in [0.5, 0.6) is 5.75 Å². The van der Waals surface area contributed by atoms with Crippen LogP contribution in [-0.2, 0) is 6.42 Å². The smallest absolute Gasteiger partial charge is 0.170 e. The minimum Gasteiger partial charge on any atom is -0.496 e. The lowest BCUT2D eigenvalue weighted by atomic mass is 10.0. The minimum atomic E-state index is 0.0302. The fourth-order valence-corrected chi connectivity index (χ4v) is 1.74. The SMILES string of the molecule is COc1ccc(C)cc1CC(=O)c1ccoc1. The number of ether oxygens (including phenoxy) is 1. The first-order valence-corrected chi connectivity index (χ1v) is 5.39. The third-order valence-electron chi connectivity index (χ3n) is 2.63. The Bertz CT molecular complexity index is 512. The van der Waals surface area contributed by atoms with E-state index in [1.807, 2.05) is 25.1 Å². The number of carbonyl (C=O) groups excluding carboxylic acids is 1. The molecule has 0 saturated heterocycles. The number of hydrogen-bond donors (Lipinski definition) is 0. The van der Waals surface area contributed by atoms with Gasteiger partial charge in [-0.3, -0.25) is 4.79 Å². The van der Waals surface area contributed by atoms with Gasteiger partial charge in [-0.25, -0.2) is 0 Å². The summed E-state index contributed by atoms with van der Waals surface area (Å²) in [7, 11) is 1.61. The fourth-order valence-electron chi connectivity index (χ4n) is 1.74. The van der Waals surface area contributed by atoms with Crippen LogP contribution in [0, 0.1) is 6.92 Å². The van der Waals surface area contributed by atoms with Crippen molar-refractivity contribution in [1.82, 2.24) is 0 Å². The number of hydrogen-bond acceptors (Lipinski definition) is 3. The first-order valence-electron chi connectivity index (χ1n) is 5.39. The zero-order valence-electron chi connectivity index (χ0n) is 9.90. The molecule has 0 saturated carbocycles. The van der Waals surface area contributed by atoms with Crippen molar-refractivity contribution in [3.05, 3.63) is 53.5 Å². The van der Waals surface area contributed by atoms with Gasteiger partial charge in [0.05, 0.1) is 18.9 Å². The van der Waals surface area contributed by atoms with E-state index in [1.54, 1.807) is 13.2 Å². The van der Waals surface area contributed by atoms with Crippen LogP contribution >= 0.6 is 0 Å². The molecule has 0 N–H and O–H groups in total. The van der Waals surface area contributed by atoms with Crippen molar-refractivity contribution in [1.29, 1.82) is 0 Å². The highest BCUT2D eigenvalue weighted by Crippen LogP contribution is 2.21. The van der Waals surface area contributed by atoms with Gasteiger partial charge in [0.1, 0.15) is 12.0 Å². The van der Waals surface area contributed by atoms with Crippen molar-refractivity contribution < 1.29 is 13.9 Å². The Labute approximate surface area is 100 Å². The summed E-state index contributed by atoms with van der Waals surface area (Å²) in [5.41, 5.74) is 2.60. The maximum absolute atomic E-state index is 11.9. The molecular formula is C14H14O3. The van der Waals surface area contributed by atoms with Gasteiger partial charge in [0.15, 0.2) is 5.78 Å². The number of carbonyl (C=O) groups is 1. The Morgan fingerprint density at radius 2 is 2.18 bits per heavy atom. The topological polar surface area (TPSA) is 39.4 Å². The van der Waals surface area contributed by atoms with E-state index in [9.17, 15) is 4.79 Å². The van der Waals surface area contributed by atoms with Gasteiger partial charge in [0.25, 0.3) is 0 Å². The summed E-state index contributed by atoms with van der Waals surface area (Å²) in [6.45, 7) is 1.99. The van der Waals surface area contributed by atoms with Gasteiger partial charge in [-0.1, -0.05) is 17.7 Å². The Balaban J connectivity index is 2.23. The molecule has 0 atom stereocenters. The zero-order chi connectivity index (χ0) is 12.3. The van der Waals surface area contributed by atoms with E-state index in [2.05, 4.69) is 0 Å². The van der Waals surface area contributed by atoms with Gasteiger partial charge in [-0.15, -0.1) is 0 Å². The Morgan fingerprint density at radius 1 is 1.35 bits per heavy atom. The third kappa shape index (κ3) is 2.56. The van der Waals surface area contributed by atoms with E-state index in [-0.39, 0.29) is 5.78 Å². The molecule has 0 aliphatic heterocycles. The van der Waals surface area contributed by atoms with Crippen molar-refractivity contribution in [3.8, 4) is 5.75 Å². The lowest BCUT2D eigenvalue weighted by Crippen LogP contribution is -2.04. The van der Waals surface area contributed by atoms with E-state index < -0.39 is 0 Å². The van der Waals surface area contributed by atoms with E-state index in [0.29, 0.717) is 12.0 Å². The lowest BCUT2D eigenvalue weighted by Gasteiger charge is -2.08. The first kappa shape index (κ1) is 11.5. The second-order valence-corrected chi connectivity index (χ2v) is 3.93. The van der Waals surface area contributed by atoms with Crippen LogP contribution in [-0.4, -0.2) is 12.9 Å². The third-order valence-corrected chi connectivity index (χ3v) is 2.63. The molecule has 2 rings (SSSR count). The molecule has 17 heavy (non-hydrogen) atoms. The van der Waals surface area contributed by atoms with Crippen molar-refractivity contribution in [2.75, 3.05) is 7.11 Å². The standard InChI is InChI=1S/C14H14O3/c1-10-3-4-14(16-2)12(7-10)8-13(15)11-5-6-17-9-11/h3-7,9H,8H2,1-2H3. The molecule has 1 heterocycles. The highest BCUT2D eigenvalue weighted by Gasteiger charge is 2.11. The van der Waals surface area contributed by atoms with E-state index >= 15 is 0 Å².